The average Bonchev–Trinajstić information content (AvgIpc) is 3.74. The van der Waals surface area contributed by atoms with Crippen LogP contribution >= 0.6 is 11.6 Å². The van der Waals surface area contributed by atoms with E-state index in [1.165, 1.54) is 0 Å². The van der Waals surface area contributed by atoms with Crippen molar-refractivity contribution in [2.45, 2.75) is 83.8 Å². The molecule has 0 bridgehead atoms. The molecule has 4 aromatic rings. The normalized spacial score (nSPS) is 21.9. The third kappa shape index (κ3) is 8.43. The van der Waals surface area contributed by atoms with Crippen molar-refractivity contribution < 1.29 is 24.0 Å². The molecule has 1 aliphatic carbocycles. The highest BCUT2D eigenvalue weighted by atomic mass is 35.5. The molecule has 4 fully saturated rings. The minimum absolute atomic E-state index is 0.0503. The smallest absolute Gasteiger partial charge is 0.264 e. The number of nitriles is 1. The highest BCUT2D eigenvalue weighted by molar-refractivity contribution is 6.32. The highest BCUT2D eigenvalue weighted by Gasteiger charge is 2.46. The van der Waals surface area contributed by atoms with Crippen LogP contribution in [0.15, 0.2) is 60.7 Å². The summed E-state index contributed by atoms with van der Waals surface area (Å²) in [6.45, 7) is 9.25. The quantitative estimate of drug-likeness (QED) is 0.171. The van der Waals surface area contributed by atoms with Gasteiger partial charge in [-0.1, -0.05) is 47.7 Å². The van der Waals surface area contributed by atoms with Gasteiger partial charge in [0.2, 0.25) is 17.7 Å². The van der Waals surface area contributed by atoms with Crippen molar-refractivity contribution in [1.82, 2.24) is 29.8 Å². The number of piperidine rings is 2. The first-order valence-electron chi connectivity index (χ1n) is 22.4. The second kappa shape index (κ2) is 18.1. The first-order chi connectivity index (χ1) is 31.0. The van der Waals surface area contributed by atoms with Gasteiger partial charge >= 0.3 is 0 Å². The summed E-state index contributed by atoms with van der Waals surface area (Å²) in [5, 5.41) is 16.8. The van der Waals surface area contributed by atoms with E-state index in [9.17, 15) is 29.2 Å². The van der Waals surface area contributed by atoms with Crippen LogP contribution in [-0.2, 0) is 20.9 Å². The van der Waals surface area contributed by atoms with E-state index in [1.54, 1.807) is 24.3 Å². The average molecular weight is 879 g/mol. The standard InChI is InChI=1S/C50H51ClN8O5/c1-31-32(2)58(54-46(31)37-16-17-38(29-52)41(51)28-37)30-35-10-8-33(9-11-35)6-7-34-12-14-36(15-13-34)48(62)57-22-20-39(21-23-57)55-24-26-56(27-25-55)42-5-3-4-40-45(42)50(64)59(49(40)63)43-18-19-44(60)53-47(43)61/h3-5,8-11,16-17,28,34,36,39,43H,12-15,18-27,30H2,1-2H3,(H,53,60,61)/t34-,36-,43?. The Labute approximate surface area is 378 Å². The number of benzene rings is 3. The molecule has 4 aliphatic heterocycles. The maximum Gasteiger partial charge on any atom is 0.264 e. The maximum atomic E-state index is 13.7. The van der Waals surface area contributed by atoms with E-state index in [0.717, 1.165) is 103 Å². The number of imide groups is 2. The molecule has 0 spiro atoms. The number of likely N-dealkylation sites (tertiary alicyclic amines) is 1. The molecule has 9 rings (SSSR count). The van der Waals surface area contributed by atoms with Gasteiger partial charge < -0.3 is 9.80 Å². The number of hydrogen-bond acceptors (Lipinski definition) is 9. The second-order valence-corrected chi connectivity index (χ2v) is 18.2. The number of amides is 5. The van der Waals surface area contributed by atoms with Crippen LogP contribution in [0.2, 0.25) is 5.02 Å². The molecule has 328 valence electrons. The summed E-state index contributed by atoms with van der Waals surface area (Å²) in [5.74, 6) is 5.51. The van der Waals surface area contributed by atoms with E-state index >= 15 is 0 Å². The number of aromatic nitrogens is 2. The number of carbonyl (C=O) groups excluding carboxylic acids is 5. The van der Waals surface area contributed by atoms with Crippen molar-refractivity contribution in [1.29, 1.82) is 5.26 Å². The number of hydrogen-bond donors (Lipinski definition) is 1. The summed E-state index contributed by atoms with van der Waals surface area (Å²) in [7, 11) is 0. The lowest BCUT2D eigenvalue weighted by Gasteiger charge is -2.44. The lowest BCUT2D eigenvalue weighted by atomic mass is 9.81. The molecule has 1 atom stereocenters. The molecule has 1 unspecified atom stereocenters. The fraction of sp³-hybridized carbons (Fsp3) is 0.420. The van der Waals surface area contributed by atoms with Crippen molar-refractivity contribution in [3.63, 3.8) is 0 Å². The Morgan fingerprint density at radius 2 is 1.59 bits per heavy atom. The molecule has 1 N–H and O–H groups in total. The van der Waals surface area contributed by atoms with Gasteiger partial charge in [-0.3, -0.25) is 43.8 Å². The van der Waals surface area contributed by atoms with E-state index in [2.05, 4.69) is 76.0 Å². The van der Waals surface area contributed by atoms with Crippen molar-refractivity contribution in [3.8, 4) is 29.2 Å². The van der Waals surface area contributed by atoms with Gasteiger partial charge in [0, 0.05) is 80.4 Å². The number of nitrogens with zero attached hydrogens (tertiary/aromatic N) is 7. The zero-order valence-corrected chi connectivity index (χ0v) is 37.0. The van der Waals surface area contributed by atoms with Crippen molar-refractivity contribution >= 4 is 46.8 Å². The van der Waals surface area contributed by atoms with E-state index < -0.39 is 29.7 Å². The van der Waals surface area contributed by atoms with E-state index in [1.807, 2.05) is 16.8 Å². The molecule has 1 aromatic heterocycles. The van der Waals surface area contributed by atoms with Crippen LogP contribution in [0.25, 0.3) is 11.3 Å². The SMILES string of the molecule is Cc1c(-c2ccc(C#N)c(Cl)c2)nn(Cc2ccc(C#C[C@H]3CC[C@H](C(=O)N4CCC(N5CCN(c6cccc7c6C(=O)N(C6CCC(=O)NC6=O)C7=O)CC5)CC4)CC3)cc2)c1C. The lowest BCUT2D eigenvalue weighted by Crippen LogP contribution is -2.55. The predicted octanol–water partition coefficient (Wildman–Crippen LogP) is 6.11. The largest absolute Gasteiger partial charge is 0.368 e. The van der Waals surface area contributed by atoms with Crippen LogP contribution in [0.3, 0.4) is 0 Å². The Morgan fingerprint density at radius 1 is 0.859 bits per heavy atom. The number of halogens is 1. The summed E-state index contributed by atoms with van der Waals surface area (Å²) in [5.41, 5.74) is 7.77. The fourth-order valence-corrected chi connectivity index (χ4v) is 10.4. The molecule has 1 saturated carbocycles. The van der Waals surface area contributed by atoms with Crippen LogP contribution in [0.1, 0.15) is 100 Å². The van der Waals surface area contributed by atoms with Crippen LogP contribution in [0, 0.1) is 48.9 Å². The summed E-state index contributed by atoms with van der Waals surface area (Å²) in [6, 6.07) is 20.5. The first-order valence-corrected chi connectivity index (χ1v) is 22.8. The van der Waals surface area contributed by atoms with Gasteiger partial charge in [-0.05, 0) is 106 Å². The number of rotatable bonds is 7. The molecular weight excluding hydrogens is 828 g/mol. The number of carbonyl (C=O) groups is 5. The molecule has 5 heterocycles. The minimum atomic E-state index is -0.992. The number of nitrogens with one attached hydrogen (secondary N) is 1. The molecule has 5 amide bonds. The number of fused-ring (bicyclic) bond motifs is 1. The highest BCUT2D eigenvalue weighted by Crippen LogP contribution is 2.36. The van der Waals surface area contributed by atoms with Crippen LogP contribution in [0.5, 0.6) is 0 Å². The zero-order chi connectivity index (χ0) is 44.6. The Bertz CT molecular complexity index is 2630. The third-order valence-corrected chi connectivity index (χ3v) is 14.4. The topological polar surface area (TPSA) is 152 Å². The molecule has 64 heavy (non-hydrogen) atoms. The van der Waals surface area contributed by atoms with E-state index in [4.69, 9.17) is 16.7 Å². The van der Waals surface area contributed by atoms with E-state index in [0.29, 0.717) is 53.1 Å². The lowest BCUT2D eigenvalue weighted by molar-refractivity contribution is -0.138. The van der Waals surface area contributed by atoms with Gasteiger partial charge in [-0.15, -0.1) is 0 Å². The van der Waals surface area contributed by atoms with Crippen LogP contribution in [0.4, 0.5) is 5.69 Å². The van der Waals surface area contributed by atoms with Crippen molar-refractivity contribution in [2.24, 2.45) is 11.8 Å². The summed E-state index contributed by atoms with van der Waals surface area (Å²) in [6.07, 6.45) is 5.63. The maximum absolute atomic E-state index is 13.7. The van der Waals surface area contributed by atoms with Crippen molar-refractivity contribution in [3.05, 3.63) is 105 Å². The Hall–Kier alpha value is -6.28. The summed E-state index contributed by atoms with van der Waals surface area (Å²) < 4.78 is 2.00. The Morgan fingerprint density at radius 3 is 2.28 bits per heavy atom. The third-order valence-electron chi connectivity index (χ3n) is 14.0. The summed E-state index contributed by atoms with van der Waals surface area (Å²) in [4.78, 5) is 72.8. The van der Waals surface area contributed by atoms with Gasteiger partial charge in [0.15, 0.2) is 0 Å². The second-order valence-electron chi connectivity index (χ2n) is 17.8. The molecule has 14 heteroatoms. The minimum Gasteiger partial charge on any atom is -0.368 e. The predicted molar refractivity (Wildman–Crippen MR) is 241 cm³/mol. The molecule has 0 radical (unpaired) electrons. The molecule has 5 aliphatic rings. The van der Waals surface area contributed by atoms with Crippen LogP contribution < -0.4 is 10.2 Å². The number of piperazine rings is 1. The zero-order valence-electron chi connectivity index (χ0n) is 36.2. The Kier molecular flexibility index (Phi) is 12.1. The Balaban J connectivity index is 0.720. The molecule has 3 aromatic carbocycles. The van der Waals surface area contributed by atoms with Gasteiger partial charge in [0.25, 0.3) is 11.8 Å². The molecular formula is C50H51ClN8O5. The first kappa shape index (κ1) is 43.0. The van der Waals surface area contributed by atoms with Gasteiger partial charge in [-0.25, -0.2) is 0 Å². The van der Waals surface area contributed by atoms with Crippen molar-refractivity contribution in [2.75, 3.05) is 44.2 Å². The summed E-state index contributed by atoms with van der Waals surface area (Å²) >= 11 is 6.31. The van der Waals surface area contributed by atoms with Gasteiger partial charge in [0.05, 0.1) is 39.6 Å². The fourth-order valence-electron chi connectivity index (χ4n) is 10.2. The molecule has 13 nitrogen and oxygen atoms in total. The number of anilines is 1. The molecule has 3 saturated heterocycles. The van der Waals surface area contributed by atoms with E-state index in [-0.39, 0.29) is 30.6 Å². The van der Waals surface area contributed by atoms with Gasteiger partial charge in [-0.2, -0.15) is 10.4 Å². The van der Waals surface area contributed by atoms with Crippen LogP contribution in [-0.4, -0.2) is 105 Å². The monoisotopic (exact) mass is 878 g/mol. The van der Waals surface area contributed by atoms with Gasteiger partial charge in [0.1, 0.15) is 12.1 Å².